The number of carbonyl (C=O) groups excluding carboxylic acids is 1. The number of amides is 1. The molecule has 0 radical (unpaired) electrons. The number of benzene rings is 2. The Bertz CT molecular complexity index is 1480. The zero-order valence-electron chi connectivity index (χ0n) is 22.6. The van der Waals surface area contributed by atoms with Gasteiger partial charge >= 0.3 is 0 Å². The molecule has 0 unspecified atom stereocenters. The van der Waals surface area contributed by atoms with Crippen molar-refractivity contribution in [2.24, 2.45) is 5.41 Å². The third-order valence-corrected chi connectivity index (χ3v) is 6.79. The fourth-order valence-electron chi connectivity index (χ4n) is 4.78. The summed E-state index contributed by atoms with van der Waals surface area (Å²) in [6.45, 7) is 14.5. The second-order valence-corrected chi connectivity index (χ2v) is 11.4. The number of hydrogen-bond donors (Lipinski definition) is 0. The summed E-state index contributed by atoms with van der Waals surface area (Å²) in [5, 5.41) is 13.2. The average molecular weight is 496 g/mol. The van der Waals surface area contributed by atoms with Crippen LogP contribution in [0.4, 0.5) is 5.82 Å². The molecule has 3 heterocycles. The lowest BCUT2D eigenvalue weighted by Crippen LogP contribution is -2.46. The summed E-state index contributed by atoms with van der Waals surface area (Å²) in [6.07, 6.45) is 0.646. The molecule has 1 aliphatic heterocycles. The van der Waals surface area contributed by atoms with Gasteiger partial charge < -0.3 is 0 Å². The van der Waals surface area contributed by atoms with E-state index in [2.05, 4.69) is 55.7 Å². The van der Waals surface area contributed by atoms with Gasteiger partial charge in [-0.25, -0.2) is 9.97 Å². The minimum Gasteiger partial charge on any atom is -0.292 e. The molecule has 0 fully saturated rings. The highest BCUT2D eigenvalue weighted by Gasteiger charge is 2.41. The Balaban J connectivity index is 1.46. The first-order chi connectivity index (χ1) is 17.4. The van der Waals surface area contributed by atoms with Crippen molar-refractivity contribution in [3.63, 3.8) is 0 Å². The Labute approximate surface area is 217 Å². The molecule has 0 bridgehead atoms. The Morgan fingerprint density at radius 3 is 2.27 bits per heavy atom. The van der Waals surface area contributed by atoms with Crippen LogP contribution >= 0.6 is 0 Å². The molecular weight excluding hydrogens is 462 g/mol. The van der Waals surface area contributed by atoms with Crippen LogP contribution in [0.25, 0.3) is 22.5 Å². The Morgan fingerprint density at radius 2 is 1.62 bits per heavy atom. The first-order valence-electron chi connectivity index (χ1n) is 12.6. The van der Waals surface area contributed by atoms with Crippen molar-refractivity contribution >= 4 is 11.7 Å². The Morgan fingerprint density at radius 1 is 0.946 bits per heavy atom. The molecule has 190 valence electrons. The summed E-state index contributed by atoms with van der Waals surface area (Å²) in [5.41, 5.74) is 5.27. The van der Waals surface area contributed by atoms with Crippen molar-refractivity contribution in [2.45, 2.75) is 67.0 Å². The Hall–Kier alpha value is -3.94. The van der Waals surface area contributed by atoms with Gasteiger partial charge in [-0.1, -0.05) is 62.4 Å². The predicted molar refractivity (Wildman–Crippen MR) is 144 cm³/mol. The number of hydrogen-bond acceptors (Lipinski definition) is 6. The largest absolute Gasteiger partial charge is 0.292 e. The molecule has 8 nitrogen and oxygen atoms in total. The van der Waals surface area contributed by atoms with E-state index >= 15 is 0 Å². The average Bonchev–Trinajstić information content (AvgIpc) is 3.34. The number of carbonyl (C=O) groups is 1. The lowest BCUT2D eigenvalue weighted by Gasteiger charge is -2.38. The molecule has 37 heavy (non-hydrogen) atoms. The van der Waals surface area contributed by atoms with E-state index < -0.39 is 5.41 Å². The molecule has 4 aromatic rings. The van der Waals surface area contributed by atoms with Crippen LogP contribution < -0.4 is 4.90 Å². The molecule has 0 N–H and O–H groups in total. The first-order valence-corrected chi connectivity index (χ1v) is 12.6. The normalized spacial score (nSPS) is 15.1. The van der Waals surface area contributed by atoms with Gasteiger partial charge in [-0.05, 0) is 62.9 Å². The van der Waals surface area contributed by atoms with Crippen molar-refractivity contribution in [2.75, 3.05) is 4.90 Å². The molecule has 0 saturated heterocycles. The van der Waals surface area contributed by atoms with Gasteiger partial charge in [0.1, 0.15) is 11.6 Å². The van der Waals surface area contributed by atoms with Gasteiger partial charge in [0.05, 0.1) is 12.1 Å². The first kappa shape index (κ1) is 24.7. The van der Waals surface area contributed by atoms with E-state index in [4.69, 9.17) is 0 Å². The fraction of sp³-hybridized carbons (Fsp3) is 0.379. The van der Waals surface area contributed by atoms with Crippen LogP contribution in [-0.4, -0.2) is 36.1 Å². The van der Waals surface area contributed by atoms with Crippen molar-refractivity contribution in [1.29, 1.82) is 0 Å². The van der Waals surface area contributed by atoms with Crippen LogP contribution in [0.2, 0.25) is 0 Å². The van der Waals surface area contributed by atoms with Gasteiger partial charge in [0.2, 0.25) is 11.7 Å². The molecular formula is C29H33N7O. The summed E-state index contributed by atoms with van der Waals surface area (Å²) in [7, 11) is 0. The van der Waals surface area contributed by atoms with Crippen LogP contribution in [-0.2, 0) is 23.3 Å². The quantitative estimate of drug-likeness (QED) is 0.382. The summed E-state index contributed by atoms with van der Waals surface area (Å²) >= 11 is 0. The maximum atomic E-state index is 13.4. The van der Waals surface area contributed by atoms with Crippen LogP contribution in [0.15, 0.2) is 48.5 Å². The van der Waals surface area contributed by atoms with Gasteiger partial charge in [-0.3, -0.25) is 9.69 Å². The van der Waals surface area contributed by atoms with E-state index in [0.29, 0.717) is 24.6 Å². The highest BCUT2D eigenvalue weighted by Crippen LogP contribution is 2.38. The zero-order valence-corrected chi connectivity index (χ0v) is 22.6. The summed E-state index contributed by atoms with van der Waals surface area (Å²) in [6, 6.07) is 16.4. The van der Waals surface area contributed by atoms with E-state index in [9.17, 15) is 4.79 Å². The highest BCUT2D eigenvalue weighted by atomic mass is 16.2. The maximum absolute atomic E-state index is 13.4. The second kappa shape index (κ2) is 8.87. The van der Waals surface area contributed by atoms with E-state index in [1.54, 1.807) is 4.80 Å². The molecule has 0 spiro atoms. The molecule has 0 atom stereocenters. The van der Waals surface area contributed by atoms with Crippen LogP contribution in [0.1, 0.15) is 57.3 Å². The molecule has 2 aromatic carbocycles. The second-order valence-electron chi connectivity index (χ2n) is 11.4. The predicted octanol–water partition coefficient (Wildman–Crippen LogP) is 5.28. The fourth-order valence-corrected chi connectivity index (χ4v) is 4.78. The molecule has 1 amide bonds. The zero-order chi connectivity index (χ0) is 26.5. The molecule has 0 saturated carbocycles. The molecule has 5 rings (SSSR count). The van der Waals surface area contributed by atoms with E-state index in [-0.39, 0.29) is 11.4 Å². The molecule has 0 aliphatic carbocycles. The Kier molecular flexibility index (Phi) is 5.93. The van der Waals surface area contributed by atoms with Crippen molar-refractivity contribution < 1.29 is 4.79 Å². The highest BCUT2D eigenvalue weighted by molar-refractivity contribution is 5.99. The number of anilines is 1. The van der Waals surface area contributed by atoms with Gasteiger partial charge in [0.25, 0.3) is 0 Å². The van der Waals surface area contributed by atoms with Crippen LogP contribution in [0, 0.1) is 19.3 Å². The maximum Gasteiger partial charge on any atom is 0.234 e. The number of fused-ring (bicyclic) bond motifs is 1. The van der Waals surface area contributed by atoms with Crippen molar-refractivity contribution in [1.82, 2.24) is 30.2 Å². The van der Waals surface area contributed by atoms with E-state index in [1.165, 1.54) is 0 Å². The van der Waals surface area contributed by atoms with Gasteiger partial charge in [0, 0.05) is 22.2 Å². The summed E-state index contributed by atoms with van der Waals surface area (Å²) in [5.74, 6) is 2.09. The minimum atomic E-state index is -0.507. The standard InChI is InChI=1S/C29H33N7O/c1-18-24-16-29(6,7)27(37)35(26(24)31-19(2)30-18)17-20-12-14-21(15-13-20)22-10-8-9-11-23(22)25-32-34-36(33-25)28(3,4)5/h8-15H,16-17H2,1-7H3. The number of aryl methyl sites for hydroxylation is 2. The number of tetrazole rings is 1. The molecule has 1 aliphatic rings. The molecule has 8 heteroatoms. The lowest BCUT2D eigenvalue weighted by atomic mass is 9.80. The minimum absolute atomic E-state index is 0.0833. The van der Waals surface area contributed by atoms with Crippen molar-refractivity contribution in [3.05, 3.63) is 71.2 Å². The summed E-state index contributed by atoms with van der Waals surface area (Å²) < 4.78 is 0. The van der Waals surface area contributed by atoms with Crippen LogP contribution in [0.3, 0.4) is 0 Å². The smallest absolute Gasteiger partial charge is 0.234 e. The molecule has 2 aromatic heterocycles. The third-order valence-electron chi connectivity index (χ3n) is 6.79. The van der Waals surface area contributed by atoms with Gasteiger partial charge in [-0.2, -0.15) is 4.80 Å². The van der Waals surface area contributed by atoms with Crippen LogP contribution in [0.5, 0.6) is 0 Å². The van der Waals surface area contributed by atoms with E-state index in [1.807, 2.05) is 71.6 Å². The SMILES string of the molecule is Cc1nc(C)c2c(n1)N(Cc1ccc(-c3ccccc3-c3nnn(C(C)(C)C)n3)cc1)C(=O)C(C)(C)C2. The van der Waals surface area contributed by atoms with Gasteiger partial charge in [-0.15, -0.1) is 10.2 Å². The summed E-state index contributed by atoms with van der Waals surface area (Å²) in [4.78, 5) is 26.1. The topological polar surface area (TPSA) is 89.7 Å². The number of rotatable bonds is 4. The monoisotopic (exact) mass is 495 g/mol. The number of aromatic nitrogens is 6. The lowest BCUT2D eigenvalue weighted by molar-refractivity contribution is -0.127. The number of nitrogens with zero attached hydrogens (tertiary/aromatic N) is 7. The van der Waals surface area contributed by atoms with E-state index in [0.717, 1.165) is 39.3 Å². The van der Waals surface area contributed by atoms with Gasteiger partial charge in [0.15, 0.2) is 0 Å². The van der Waals surface area contributed by atoms with Crippen molar-refractivity contribution in [3.8, 4) is 22.5 Å². The third kappa shape index (κ3) is 4.63.